The number of nitrogens with zero attached hydrogens (tertiary/aromatic N) is 1. The van der Waals surface area contributed by atoms with Gasteiger partial charge in [-0.15, -0.1) is 6.58 Å². The van der Waals surface area contributed by atoms with Crippen LogP contribution >= 0.6 is 0 Å². The Bertz CT molecular complexity index is 1120. The first-order chi connectivity index (χ1) is 15.3. The minimum absolute atomic E-state index is 0.0164. The molecule has 2 aliphatic heterocycles. The monoisotopic (exact) mass is 414 g/mol. The molecule has 0 aromatic heterocycles. The second-order valence-corrected chi connectivity index (χ2v) is 7.98. The van der Waals surface area contributed by atoms with E-state index >= 15 is 0 Å². The lowest BCUT2D eigenvalue weighted by molar-refractivity contribution is 0.0648. The lowest BCUT2D eigenvalue weighted by Gasteiger charge is -2.38. The van der Waals surface area contributed by atoms with Crippen molar-refractivity contribution in [1.82, 2.24) is 4.90 Å². The van der Waals surface area contributed by atoms with Crippen LogP contribution in [0.1, 0.15) is 34.9 Å². The predicted octanol–water partition coefficient (Wildman–Crippen LogP) is 5.15. The van der Waals surface area contributed by atoms with E-state index in [4.69, 9.17) is 9.47 Å². The molecule has 3 aromatic rings. The molecule has 2 atom stereocenters. The lowest BCUT2D eigenvalue weighted by Crippen LogP contribution is -2.43. The Morgan fingerprint density at radius 2 is 1.97 bits per heavy atom. The van der Waals surface area contributed by atoms with Crippen LogP contribution < -0.4 is 10.1 Å². The molecule has 2 aliphatic rings. The van der Waals surface area contributed by atoms with E-state index in [1.165, 1.54) is 0 Å². The first kappa shape index (κ1) is 19.6. The number of benzene rings is 3. The number of hydrogen-bond donors (Lipinski definition) is 1. The molecule has 1 saturated heterocycles. The average Bonchev–Trinajstić information content (AvgIpc) is 3.33. The Hall–Kier alpha value is -3.31. The normalized spacial score (nSPS) is 20.4. The fraction of sp³-hybridized carbons (Fsp3) is 0.269. The van der Waals surface area contributed by atoms with Gasteiger partial charge in [0.25, 0.3) is 5.91 Å². The number of nitrogens with one attached hydrogen (secondary N) is 1. The van der Waals surface area contributed by atoms with Crippen LogP contribution in [0.2, 0.25) is 0 Å². The molecule has 0 radical (unpaired) electrons. The minimum atomic E-state index is -0.369. The summed E-state index contributed by atoms with van der Waals surface area (Å²) in [6, 6.07) is 19.9. The zero-order chi connectivity index (χ0) is 21.2. The molecule has 5 nitrogen and oxygen atoms in total. The Morgan fingerprint density at radius 3 is 2.81 bits per heavy atom. The molecule has 0 saturated carbocycles. The van der Waals surface area contributed by atoms with Gasteiger partial charge in [0.05, 0.1) is 11.7 Å². The van der Waals surface area contributed by atoms with E-state index in [0.717, 1.165) is 47.2 Å². The topological polar surface area (TPSA) is 50.8 Å². The first-order valence-corrected chi connectivity index (χ1v) is 10.8. The second-order valence-electron chi connectivity index (χ2n) is 7.98. The third-order valence-corrected chi connectivity index (χ3v) is 6.00. The third kappa shape index (κ3) is 3.66. The molecule has 0 aliphatic carbocycles. The Morgan fingerprint density at radius 1 is 1.13 bits per heavy atom. The van der Waals surface area contributed by atoms with Crippen LogP contribution in [0, 0.1) is 0 Å². The van der Waals surface area contributed by atoms with E-state index in [1.54, 1.807) is 6.08 Å². The van der Waals surface area contributed by atoms with Crippen LogP contribution in [0.3, 0.4) is 0 Å². The molecule has 2 unspecified atom stereocenters. The highest BCUT2D eigenvalue weighted by atomic mass is 16.5. The number of para-hydroxylation sites is 1. The molecule has 5 heteroatoms. The molecular formula is C26H26N2O3. The molecule has 2 heterocycles. The van der Waals surface area contributed by atoms with Crippen LogP contribution in [0.25, 0.3) is 10.8 Å². The number of rotatable bonds is 6. The van der Waals surface area contributed by atoms with Crippen LogP contribution in [0.4, 0.5) is 5.69 Å². The van der Waals surface area contributed by atoms with Crippen LogP contribution in [0.5, 0.6) is 5.75 Å². The first-order valence-electron chi connectivity index (χ1n) is 10.8. The van der Waals surface area contributed by atoms with Crippen molar-refractivity contribution in [2.24, 2.45) is 0 Å². The SMILES string of the molecule is C=CCN1C(=O)c2ccccc2NC1c1c(OCC2CCCO2)ccc2ccccc12. The number of amides is 1. The van der Waals surface area contributed by atoms with E-state index in [2.05, 4.69) is 30.1 Å². The molecular weight excluding hydrogens is 388 g/mol. The van der Waals surface area contributed by atoms with E-state index in [0.29, 0.717) is 18.7 Å². The van der Waals surface area contributed by atoms with Crippen molar-refractivity contribution in [3.63, 3.8) is 0 Å². The minimum Gasteiger partial charge on any atom is -0.490 e. The van der Waals surface area contributed by atoms with Crippen molar-refractivity contribution >= 4 is 22.4 Å². The molecule has 1 amide bonds. The molecule has 1 N–H and O–H groups in total. The van der Waals surface area contributed by atoms with E-state index in [-0.39, 0.29) is 18.2 Å². The number of fused-ring (bicyclic) bond motifs is 2. The highest BCUT2D eigenvalue weighted by Crippen LogP contribution is 2.40. The van der Waals surface area contributed by atoms with Crippen molar-refractivity contribution in [2.75, 3.05) is 25.1 Å². The number of ether oxygens (including phenoxy) is 2. The zero-order valence-corrected chi connectivity index (χ0v) is 17.4. The highest BCUT2D eigenvalue weighted by Gasteiger charge is 2.35. The molecule has 3 aromatic carbocycles. The van der Waals surface area contributed by atoms with Crippen molar-refractivity contribution in [2.45, 2.75) is 25.1 Å². The molecule has 0 spiro atoms. The third-order valence-electron chi connectivity index (χ3n) is 6.00. The standard InChI is InChI=1S/C26H26N2O3/c1-2-15-28-25(27-22-12-6-5-11-21(22)26(28)29)24-20-10-4-3-8-18(20)13-14-23(24)31-17-19-9-7-16-30-19/h2-6,8,10-14,19,25,27H,1,7,9,15-17H2. The number of anilines is 1. The number of carbonyl (C=O) groups excluding carboxylic acids is 1. The molecule has 1 fully saturated rings. The van der Waals surface area contributed by atoms with Gasteiger partial charge in [0, 0.05) is 24.4 Å². The summed E-state index contributed by atoms with van der Waals surface area (Å²) < 4.78 is 12.1. The van der Waals surface area contributed by atoms with Gasteiger partial charge in [-0.05, 0) is 41.8 Å². The van der Waals surface area contributed by atoms with E-state index in [1.807, 2.05) is 47.4 Å². The summed E-state index contributed by atoms with van der Waals surface area (Å²) in [5.41, 5.74) is 2.46. The van der Waals surface area contributed by atoms with Gasteiger partial charge in [-0.3, -0.25) is 4.79 Å². The van der Waals surface area contributed by atoms with Crippen LogP contribution in [-0.2, 0) is 4.74 Å². The van der Waals surface area contributed by atoms with Gasteiger partial charge in [0.1, 0.15) is 18.5 Å². The fourth-order valence-corrected chi connectivity index (χ4v) is 4.49. The second kappa shape index (κ2) is 8.44. The van der Waals surface area contributed by atoms with Gasteiger partial charge in [-0.1, -0.05) is 48.5 Å². The zero-order valence-electron chi connectivity index (χ0n) is 17.4. The van der Waals surface area contributed by atoms with Gasteiger partial charge < -0.3 is 19.7 Å². The number of hydrogen-bond acceptors (Lipinski definition) is 4. The Kier molecular flexibility index (Phi) is 5.35. The fourth-order valence-electron chi connectivity index (χ4n) is 4.49. The van der Waals surface area contributed by atoms with Crippen molar-refractivity contribution in [3.8, 4) is 5.75 Å². The van der Waals surface area contributed by atoms with E-state index < -0.39 is 0 Å². The molecule has 5 rings (SSSR count). The summed E-state index contributed by atoms with van der Waals surface area (Å²) in [4.78, 5) is 15.2. The van der Waals surface area contributed by atoms with E-state index in [9.17, 15) is 4.79 Å². The van der Waals surface area contributed by atoms with Crippen molar-refractivity contribution < 1.29 is 14.3 Å². The van der Waals surface area contributed by atoms with Gasteiger partial charge in [0.15, 0.2) is 0 Å². The Labute approximate surface area is 182 Å². The van der Waals surface area contributed by atoms with Crippen molar-refractivity contribution in [1.29, 1.82) is 0 Å². The smallest absolute Gasteiger partial charge is 0.258 e. The molecule has 158 valence electrons. The van der Waals surface area contributed by atoms with Gasteiger partial charge >= 0.3 is 0 Å². The average molecular weight is 415 g/mol. The summed E-state index contributed by atoms with van der Waals surface area (Å²) >= 11 is 0. The van der Waals surface area contributed by atoms with Gasteiger partial charge in [-0.25, -0.2) is 0 Å². The summed E-state index contributed by atoms with van der Waals surface area (Å²) in [6.45, 7) is 5.60. The van der Waals surface area contributed by atoms with Crippen LogP contribution in [0.15, 0.2) is 73.3 Å². The highest BCUT2D eigenvalue weighted by molar-refractivity contribution is 6.02. The predicted molar refractivity (Wildman–Crippen MR) is 122 cm³/mol. The van der Waals surface area contributed by atoms with Gasteiger partial charge in [0.2, 0.25) is 0 Å². The van der Waals surface area contributed by atoms with Crippen LogP contribution in [-0.4, -0.2) is 36.7 Å². The lowest BCUT2D eigenvalue weighted by atomic mass is 9.97. The maximum absolute atomic E-state index is 13.4. The maximum atomic E-state index is 13.4. The summed E-state index contributed by atoms with van der Waals surface area (Å²) in [5.74, 6) is 0.755. The summed E-state index contributed by atoms with van der Waals surface area (Å²) in [7, 11) is 0. The van der Waals surface area contributed by atoms with Gasteiger partial charge in [-0.2, -0.15) is 0 Å². The molecule has 0 bridgehead atoms. The van der Waals surface area contributed by atoms with Crippen molar-refractivity contribution in [3.05, 3.63) is 84.4 Å². The summed E-state index contributed by atoms with van der Waals surface area (Å²) in [6.07, 6.45) is 3.59. The quantitative estimate of drug-likeness (QED) is 0.567. The number of carbonyl (C=O) groups is 1. The Balaban J connectivity index is 1.61. The molecule has 31 heavy (non-hydrogen) atoms. The summed E-state index contributed by atoms with van der Waals surface area (Å²) in [5, 5.41) is 5.75. The largest absolute Gasteiger partial charge is 0.490 e. The maximum Gasteiger partial charge on any atom is 0.258 e.